The van der Waals surface area contributed by atoms with Crippen molar-refractivity contribution in [3.8, 4) is 5.75 Å². The summed E-state index contributed by atoms with van der Waals surface area (Å²) in [5.74, 6) is -0.0839. The van der Waals surface area contributed by atoms with Gasteiger partial charge in [-0.15, -0.1) is 0 Å². The molecule has 1 aromatic carbocycles. The van der Waals surface area contributed by atoms with E-state index in [1.165, 1.54) is 0 Å². The molecule has 2 N–H and O–H groups in total. The van der Waals surface area contributed by atoms with E-state index in [1.807, 2.05) is 6.92 Å². The van der Waals surface area contributed by atoms with Crippen LogP contribution in [0.3, 0.4) is 0 Å². The Morgan fingerprint density at radius 1 is 1.45 bits per heavy atom. The van der Waals surface area contributed by atoms with E-state index in [0.717, 1.165) is 5.56 Å². The third-order valence-electron chi connectivity index (χ3n) is 2.91. The van der Waals surface area contributed by atoms with E-state index in [9.17, 15) is 9.59 Å². The van der Waals surface area contributed by atoms with Gasteiger partial charge in [-0.1, -0.05) is 11.6 Å². The Morgan fingerprint density at radius 2 is 2.23 bits per heavy atom. The number of ether oxygens (including phenoxy) is 2. The van der Waals surface area contributed by atoms with Crippen LogP contribution >= 0.6 is 11.6 Å². The number of amides is 2. The van der Waals surface area contributed by atoms with Gasteiger partial charge in [0.2, 0.25) is 0 Å². The van der Waals surface area contributed by atoms with Crippen molar-refractivity contribution in [2.24, 2.45) is 5.10 Å². The van der Waals surface area contributed by atoms with E-state index in [4.69, 9.17) is 21.1 Å². The number of hydrogen-bond donors (Lipinski definition) is 2. The number of nitrogens with one attached hydrogen (secondary N) is 2. The third-order valence-corrected chi connectivity index (χ3v) is 3.21. The van der Waals surface area contributed by atoms with Crippen LogP contribution in [0.4, 0.5) is 4.79 Å². The number of nitrogens with zero attached hydrogens (tertiary/aromatic N) is 1. The second kappa shape index (κ2) is 7.13. The number of benzene rings is 1. The van der Waals surface area contributed by atoms with Crippen molar-refractivity contribution >= 4 is 29.3 Å². The molecule has 118 valence electrons. The molecule has 2 amide bonds. The molecule has 22 heavy (non-hydrogen) atoms. The molecular formula is C14H16ClN3O4. The zero-order valence-electron chi connectivity index (χ0n) is 12.2. The molecule has 0 saturated carbocycles. The predicted octanol–water partition coefficient (Wildman–Crippen LogP) is 1.69. The SMILES string of the molecule is CCOC(=O)COc1ccc(C2=NNC(=O)NC2C)cc1Cl. The fourth-order valence-corrected chi connectivity index (χ4v) is 2.17. The average Bonchev–Trinajstić information content (AvgIpc) is 2.46. The van der Waals surface area contributed by atoms with Crippen LogP contribution in [0, 0.1) is 0 Å². The molecule has 1 unspecified atom stereocenters. The van der Waals surface area contributed by atoms with Crippen LogP contribution < -0.4 is 15.5 Å². The zero-order chi connectivity index (χ0) is 16.1. The highest BCUT2D eigenvalue weighted by molar-refractivity contribution is 6.32. The van der Waals surface area contributed by atoms with Crippen LogP contribution in [0.15, 0.2) is 23.3 Å². The molecule has 1 atom stereocenters. The van der Waals surface area contributed by atoms with Gasteiger partial charge in [0.1, 0.15) is 5.75 Å². The lowest BCUT2D eigenvalue weighted by atomic mass is 10.0. The van der Waals surface area contributed by atoms with Crippen LogP contribution in [0.25, 0.3) is 0 Å². The van der Waals surface area contributed by atoms with Crippen molar-refractivity contribution in [2.45, 2.75) is 19.9 Å². The van der Waals surface area contributed by atoms with Crippen LogP contribution in [-0.4, -0.2) is 37.0 Å². The molecule has 0 bridgehead atoms. The number of carbonyl (C=O) groups excluding carboxylic acids is 2. The highest BCUT2D eigenvalue weighted by atomic mass is 35.5. The minimum atomic E-state index is -0.458. The number of halogens is 1. The first-order valence-corrected chi connectivity index (χ1v) is 7.11. The molecule has 1 heterocycles. The number of rotatable bonds is 5. The summed E-state index contributed by atoms with van der Waals surface area (Å²) in [6.07, 6.45) is 0. The van der Waals surface area contributed by atoms with E-state index in [1.54, 1.807) is 25.1 Å². The van der Waals surface area contributed by atoms with Gasteiger partial charge in [0, 0.05) is 5.56 Å². The van der Waals surface area contributed by atoms with Crippen molar-refractivity contribution in [2.75, 3.05) is 13.2 Å². The van der Waals surface area contributed by atoms with Crippen molar-refractivity contribution < 1.29 is 19.1 Å². The van der Waals surface area contributed by atoms with Crippen LogP contribution in [0.2, 0.25) is 5.02 Å². The maximum Gasteiger partial charge on any atom is 0.344 e. The fraction of sp³-hybridized carbons (Fsp3) is 0.357. The molecule has 0 aromatic heterocycles. The summed E-state index contributed by atoms with van der Waals surface area (Å²) in [4.78, 5) is 22.4. The maximum absolute atomic E-state index is 11.3. The Balaban J connectivity index is 2.09. The monoisotopic (exact) mass is 325 g/mol. The molecule has 1 aliphatic heterocycles. The van der Waals surface area contributed by atoms with E-state index < -0.39 is 5.97 Å². The number of hydrazone groups is 1. The quantitative estimate of drug-likeness (QED) is 0.806. The second-order valence-corrected chi connectivity index (χ2v) is 4.95. The van der Waals surface area contributed by atoms with Gasteiger partial charge < -0.3 is 14.8 Å². The molecule has 0 fully saturated rings. The van der Waals surface area contributed by atoms with Gasteiger partial charge in [-0.05, 0) is 32.0 Å². The van der Waals surface area contributed by atoms with Crippen molar-refractivity contribution in [1.29, 1.82) is 0 Å². The van der Waals surface area contributed by atoms with Gasteiger partial charge in [-0.25, -0.2) is 15.0 Å². The fourth-order valence-electron chi connectivity index (χ4n) is 1.94. The summed E-state index contributed by atoms with van der Waals surface area (Å²) in [7, 11) is 0. The smallest absolute Gasteiger partial charge is 0.344 e. The van der Waals surface area contributed by atoms with Gasteiger partial charge in [-0.2, -0.15) is 5.10 Å². The lowest BCUT2D eigenvalue weighted by molar-refractivity contribution is -0.145. The first-order chi connectivity index (χ1) is 10.5. The molecule has 8 heteroatoms. The van der Waals surface area contributed by atoms with Crippen molar-refractivity contribution in [3.63, 3.8) is 0 Å². The predicted molar refractivity (Wildman–Crippen MR) is 81.2 cm³/mol. The van der Waals surface area contributed by atoms with Gasteiger partial charge in [0.25, 0.3) is 0 Å². The Kier molecular flexibility index (Phi) is 5.21. The largest absolute Gasteiger partial charge is 0.480 e. The molecule has 1 aliphatic rings. The van der Waals surface area contributed by atoms with E-state index >= 15 is 0 Å². The lowest BCUT2D eigenvalue weighted by Gasteiger charge is -2.21. The average molecular weight is 326 g/mol. The lowest BCUT2D eigenvalue weighted by Crippen LogP contribution is -2.48. The summed E-state index contributed by atoms with van der Waals surface area (Å²) in [6.45, 7) is 3.63. The summed E-state index contributed by atoms with van der Waals surface area (Å²) in [5.41, 5.74) is 3.75. The van der Waals surface area contributed by atoms with E-state index in [0.29, 0.717) is 23.1 Å². The number of carbonyl (C=O) groups is 2. The number of esters is 1. The van der Waals surface area contributed by atoms with Crippen LogP contribution in [-0.2, 0) is 9.53 Å². The number of urea groups is 1. The Bertz CT molecular complexity index is 618. The Morgan fingerprint density at radius 3 is 2.86 bits per heavy atom. The van der Waals surface area contributed by atoms with Gasteiger partial charge in [0.05, 0.1) is 23.4 Å². The second-order valence-electron chi connectivity index (χ2n) is 4.54. The van der Waals surface area contributed by atoms with E-state index in [2.05, 4.69) is 15.8 Å². The Labute approximate surface area is 132 Å². The van der Waals surface area contributed by atoms with E-state index in [-0.39, 0.29) is 18.7 Å². The molecule has 0 aliphatic carbocycles. The normalized spacial score (nSPS) is 17.1. The molecule has 0 radical (unpaired) electrons. The molecule has 1 aromatic rings. The van der Waals surface area contributed by atoms with Crippen molar-refractivity contribution in [1.82, 2.24) is 10.7 Å². The molecular weight excluding hydrogens is 310 g/mol. The molecule has 7 nitrogen and oxygen atoms in total. The van der Waals surface area contributed by atoms with Gasteiger partial charge in [-0.3, -0.25) is 0 Å². The van der Waals surface area contributed by atoms with Gasteiger partial charge in [0.15, 0.2) is 6.61 Å². The molecule has 2 rings (SSSR count). The topological polar surface area (TPSA) is 89.0 Å². The molecule has 0 saturated heterocycles. The summed E-state index contributed by atoms with van der Waals surface area (Å²) in [6, 6.07) is 4.47. The minimum absolute atomic E-state index is 0.206. The minimum Gasteiger partial charge on any atom is -0.480 e. The summed E-state index contributed by atoms with van der Waals surface area (Å²) >= 11 is 6.15. The highest BCUT2D eigenvalue weighted by Gasteiger charge is 2.21. The zero-order valence-corrected chi connectivity index (χ0v) is 12.9. The highest BCUT2D eigenvalue weighted by Crippen LogP contribution is 2.26. The third kappa shape index (κ3) is 3.88. The maximum atomic E-state index is 11.3. The summed E-state index contributed by atoms with van der Waals surface area (Å²) < 4.78 is 10.1. The first kappa shape index (κ1) is 16.1. The molecule has 0 spiro atoms. The number of hydrogen-bond acceptors (Lipinski definition) is 5. The summed E-state index contributed by atoms with van der Waals surface area (Å²) in [5, 5.41) is 7.05. The van der Waals surface area contributed by atoms with Crippen LogP contribution in [0.5, 0.6) is 5.75 Å². The first-order valence-electron chi connectivity index (χ1n) is 6.73. The standard InChI is InChI=1S/C14H16ClN3O4/c1-3-21-12(19)7-22-11-5-4-9(6-10(11)15)13-8(2)16-14(20)18-17-13/h4-6,8H,3,7H2,1-2H3,(H2,16,18,20). The van der Waals surface area contributed by atoms with Crippen molar-refractivity contribution in [3.05, 3.63) is 28.8 Å². The van der Waals surface area contributed by atoms with Gasteiger partial charge >= 0.3 is 12.0 Å². The van der Waals surface area contributed by atoms with Crippen LogP contribution in [0.1, 0.15) is 19.4 Å². The Hall–Kier alpha value is -2.28.